The lowest BCUT2D eigenvalue weighted by atomic mass is 10.1. The molecule has 20 heavy (non-hydrogen) atoms. The number of ether oxygens (including phenoxy) is 1. The number of primary amides is 1. The number of imide groups is 1. The molecule has 0 spiro atoms. The summed E-state index contributed by atoms with van der Waals surface area (Å²) in [6.07, 6.45) is 2.13. The van der Waals surface area contributed by atoms with Crippen LogP contribution in [0, 0.1) is 0 Å². The van der Waals surface area contributed by atoms with Crippen LogP contribution in [-0.2, 0) is 9.53 Å². The Morgan fingerprint density at radius 2 is 2.10 bits per heavy atom. The van der Waals surface area contributed by atoms with E-state index >= 15 is 0 Å². The molecule has 2 atom stereocenters. The first kappa shape index (κ1) is 14.5. The predicted octanol–water partition coefficient (Wildman–Crippen LogP) is 0.691. The van der Waals surface area contributed by atoms with E-state index in [4.69, 9.17) is 10.5 Å². The number of urea groups is 1. The summed E-state index contributed by atoms with van der Waals surface area (Å²) in [5.74, 6) is -0.457. The number of hydrogen-bond donors (Lipinski definition) is 3. The molecule has 0 unspecified atom stereocenters. The molecule has 1 aromatic carbocycles. The molecule has 1 aromatic rings. The van der Waals surface area contributed by atoms with Crippen LogP contribution >= 0.6 is 0 Å². The van der Waals surface area contributed by atoms with Crippen LogP contribution in [0.3, 0.4) is 0 Å². The first-order chi connectivity index (χ1) is 9.66. The monoisotopic (exact) mass is 277 g/mol. The van der Waals surface area contributed by atoms with Crippen molar-refractivity contribution in [2.75, 3.05) is 13.2 Å². The zero-order valence-corrected chi connectivity index (χ0v) is 11.2. The highest BCUT2D eigenvalue weighted by molar-refractivity contribution is 5.96. The molecule has 0 radical (unpaired) electrons. The number of benzene rings is 1. The van der Waals surface area contributed by atoms with Gasteiger partial charge in [-0.25, -0.2) is 4.79 Å². The van der Waals surface area contributed by atoms with Crippen LogP contribution in [-0.4, -0.2) is 31.2 Å². The normalized spacial score (nSPS) is 19.5. The van der Waals surface area contributed by atoms with Crippen LogP contribution in [0.5, 0.6) is 0 Å². The number of carbonyl (C=O) groups is 2. The lowest BCUT2D eigenvalue weighted by molar-refractivity contribution is -0.122. The zero-order chi connectivity index (χ0) is 14.4. The van der Waals surface area contributed by atoms with Gasteiger partial charge in [0, 0.05) is 13.2 Å². The number of nitrogens with two attached hydrogens (primary N) is 1. The van der Waals surface area contributed by atoms with Gasteiger partial charge in [0.2, 0.25) is 5.91 Å². The molecule has 108 valence electrons. The predicted molar refractivity (Wildman–Crippen MR) is 73.9 cm³/mol. The van der Waals surface area contributed by atoms with Crippen LogP contribution in [0.25, 0.3) is 0 Å². The van der Waals surface area contributed by atoms with Crippen molar-refractivity contribution in [1.29, 1.82) is 0 Å². The van der Waals surface area contributed by atoms with Gasteiger partial charge >= 0.3 is 6.03 Å². The number of amides is 3. The maximum absolute atomic E-state index is 12.0. The van der Waals surface area contributed by atoms with E-state index in [0.29, 0.717) is 6.54 Å². The zero-order valence-electron chi connectivity index (χ0n) is 11.2. The minimum Gasteiger partial charge on any atom is -0.377 e. The van der Waals surface area contributed by atoms with Crippen molar-refractivity contribution in [3.63, 3.8) is 0 Å². The fourth-order valence-electron chi connectivity index (χ4n) is 2.26. The van der Waals surface area contributed by atoms with E-state index in [2.05, 4.69) is 10.6 Å². The van der Waals surface area contributed by atoms with Crippen molar-refractivity contribution in [3.8, 4) is 0 Å². The summed E-state index contributed by atoms with van der Waals surface area (Å²) in [6.45, 7) is 1.32. The summed E-state index contributed by atoms with van der Waals surface area (Å²) in [4.78, 5) is 22.9. The third kappa shape index (κ3) is 4.04. The van der Waals surface area contributed by atoms with Crippen LogP contribution in [0.2, 0.25) is 0 Å². The molecule has 1 saturated heterocycles. The Kier molecular flexibility index (Phi) is 5.09. The number of hydrogen-bond acceptors (Lipinski definition) is 4. The maximum Gasteiger partial charge on any atom is 0.318 e. The van der Waals surface area contributed by atoms with Crippen LogP contribution in [0.1, 0.15) is 24.4 Å². The summed E-state index contributed by atoms with van der Waals surface area (Å²) >= 11 is 0. The average Bonchev–Trinajstić information content (AvgIpc) is 2.92. The first-order valence-corrected chi connectivity index (χ1v) is 6.67. The summed E-state index contributed by atoms with van der Waals surface area (Å²) in [6, 6.07) is 7.73. The average molecular weight is 277 g/mol. The summed E-state index contributed by atoms with van der Waals surface area (Å²) in [7, 11) is 0. The minimum absolute atomic E-state index is 0.114. The van der Waals surface area contributed by atoms with Gasteiger partial charge in [-0.15, -0.1) is 0 Å². The van der Waals surface area contributed by atoms with E-state index in [0.717, 1.165) is 25.0 Å². The van der Waals surface area contributed by atoms with Crippen LogP contribution < -0.4 is 16.4 Å². The standard InChI is InChI=1S/C14H19N3O3/c15-14(19)17-13(18)12(10-5-2-1-3-6-10)16-9-11-7-4-8-20-11/h1-3,5-6,11-12,16H,4,7-9H2,(H3,15,17,18,19)/t11-,12+/m0/s1. The molecule has 1 fully saturated rings. The minimum atomic E-state index is -0.852. The summed E-state index contributed by atoms with van der Waals surface area (Å²) in [5.41, 5.74) is 5.79. The molecule has 6 nitrogen and oxygen atoms in total. The van der Waals surface area contributed by atoms with Gasteiger partial charge in [0.15, 0.2) is 0 Å². The Bertz CT molecular complexity index is 458. The molecule has 1 heterocycles. The smallest absolute Gasteiger partial charge is 0.318 e. The molecule has 4 N–H and O–H groups in total. The lowest BCUT2D eigenvalue weighted by Crippen LogP contribution is -2.44. The quantitative estimate of drug-likeness (QED) is 0.738. The van der Waals surface area contributed by atoms with Gasteiger partial charge < -0.3 is 10.5 Å². The van der Waals surface area contributed by atoms with Gasteiger partial charge in [0.25, 0.3) is 0 Å². The van der Waals surface area contributed by atoms with E-state index in [1.54, 1.807) is 0 Å². The van der Waals surface area contributed by atoms with Crippen LogP contribution in [0.4, 0.5) is 4.79 Å². The molecule has 0 aliphatic carbocycles. The van der Waals surface area contributed by atoms with Gasteiger partial charge in [-0.05, 0) is 18.4 Å². The molecule has 2 rings (SSSR count). The van der Waals surface area contributed by atoms with E-state index in [1.165, 1.54) is 0 Å². The Morgan fingerprint density at radius 3 is 2.70 bits per heavy atom. The Hall–Kier alpha value is -1.92. The molecule has 0 saturated carbocycles. The molecule has 6 heteroatoms. The largest absolute Gasteiger partial charge is 0.377 e. The topological polar surface area (TPSA) is 93.5 Å². The molecule has 1 aliphatic rings. The third-order valence-corrected chi connectivity index (χ3v) is 3.22. The highest BCUT2D eigenvalue weighted by atomic mass is 16.5. The third-order valence-electron chi connectivity index (χ3n) is 3.22. The van der Waals surface area contributed by atoms with Crippen molar-refractivity contribution in [2.45, 2.75) is 25.0 Å². The van der Waals surface area contributed by atoms with E-state index in [-0.39, 0.29) is 6.10 Å². The second-order valence-electron chi connectivity index (χ2n) is 4.74. The van der Waals surface area contributed by atoms with E-state index in [9.17, 15) is 9.59 Å². The highest BCUT2D eigenvalue weighted by Gasteiger charge is 2.23. The lowest BCUT2D eigenvalue weighted by Gasteiger charge is -2.20. The molecule has 3 amide bonds. The number of carbonyl (C=O) groups excluding carboxylic acids is 2. The van der Waals surface area contributed by atoms with E-state index < -0.39 is 18.0 Å². The first-order valence-electron chi connectivity index (χ1n) is 6.67. The summed E-state index contributed by atoms with van der Waals surface area (Å²) in [5, 5.41) is 5.25. The van der Waals surface area contributed by atoms with Gasteiger partial charge in [-0.1, -0.05) is 30.3 Å². The SMILES string of the molecule is NC(=O)NC(=O)[C@H](NC[C@@H]1CCCO1)c1ccccc1. The maximum atomic E-state index is 12.0. The molecule has 0 aromatic heterocycles. The van der Waals surface area contributed by atoms with Gasteiger partial charge in [-0.3, -0.25) is 15.4 Å². The second-order valence-corrected chi connectivity index (χ2v) is 4.74. The molecule has 1 aliphatic heterocycles. The van der Waals surface area contributed by atoms with Gasteiger partial charge in [0.05, 0.1) is 6.10 Å². The highest BCUT2D eigenvalue weighted by Crippen LogP contribution is 2.15. The Morgan fingerprint density at radius 1 is 1.35 bits per heavy atom. The van der Waals surface area contributed by atoms with Crippen molar-refractivity contribution in [2.24, 2.45) is 5.73 Å². The fraction of sp³-hybridized carbons (Fsp3) is 0.429. The number of rotatable bonds is 5. The van der Waals surface area contributed by atoms with Crippen LogP contribution in [0.15, 0.2) is 30.3 Å². The molecular formula is C14H19N3O3. The van der Waals surface area contributed by atoms with Crippen molar-refractivity contribution >= 4 is 11.9 Å². The second kappa shape index (κ2) is 7.02. The Labute approximate surface area is 117 Å². The molecular weight excluding hydrogens is 258 g/mol. The Balaban J connectivity index is 2.03. The number of nitrogens with one attached hydrogen (secondary N) is 2. The van der Waals surface area contributed by atoms with Crippen molar-refractivity contribution in [1.82, 2.24) is 10.6 Å². The van der Waals surface area contributed by atoms with E-state index in [1.807, 2.05) is 30.3 Å². The van der Waals surface area contributed by atoms with Crippen molar-refractivity contribution < 1.29 is 14.3 Å². The fourth-order valence-corrected chi connectivity index (χ4v) is 2.26. The van der Waals surface area contributed by atoms with Crippen molar-refractivity contribution in [3.05, 3.63) is 35.9 Å². The summed E-state index contributed by atoms with van der Waals surface area (Å²) < 4.78 is 5.51. The molecule has 0 bridgehead atoms. The van der Waals surface area contributed by atoms with Gasteiger partial charge in [0.1, 0.15) is 6.04 Å². The van der Waals surface area contributed by atoms with Gasteiger partial charge in [-0.2, -0.15) is 0 Å².